The molecule has 2 aliphatic heterocycles. The van der Waals surface area contributed by atoms with Gasteiger partial charge in [-0.2, -0.15) is 5.10 Å². The van der Waals surface area contributed by atoms with Crippen molar-refractivity contribution < 1.29 is 19.1 Å². The zero-order valence-electron chi connectivity index (χ0n) is 23.2. The number of carbonyl (C=O) groups is 2. The number of carbonyl (C=O) groups excluding carboxylic acids is 2. The van der Waals surface area contributed by atoms with Crippen LogP contribution in [-0.4, -0.2) is 69.7 Å². The first-order valence-electron chi connectivity index (χ1n) is 12.9. The van der Waals surface area contributed by atoms with E-state index in [4.69, 9.17) is 19.6 Å². The molecule has 9 heteroatoms. The van der Waals surface area contributed by atoms with Gasteiger partial charge < -0.3 is 19.7 Å². The van der Waals surface area contributed by atoms with Crippen LogP contribution < -0.4 is 5.32 Å². The molecule has 3 heterocycles. The van der Waals surface area contributed by atoms with Crippen LogP contribution in [0.2, 0.25) is 0 Å². The van der Waals surface area contributed by atoms with Crippen molar-refractivity contribution in [2.75, 3.05) is 25.0 Å². The fraction of sp³-hybridized carbons (Fsp3) is 0.704. The van der Waals surface area contributed by atoms with Crippen molar-refractivity contribution in [3.63, 3.8) is 0 Å². The molecule has 0 radical (unpaired) electrons. The Morgan fingerprint density at radius 2 is 1.81 bits per heavy atom. The highest BCUT2D eigenvalue weighted by Crippen LogP contribution is 2.37. The Morgan fingerprint density at radius 1 is 1.14 bits per heavy atom. The molecule has 1 aromatic heterocycles. The van der Waals surface area contributed by atoms with Gasteiger partial charge in [-0.05, 0) is 80.4 Å². The fourth-order valence-corrected chi connectivity index (χ4v) is 4.75. The summed E-state index contributed by atoms with van der Waals surface area (Å²) in [7, 11) is 0. The second-order valence-corrected chi connectivity index (χ2v) is 11.9. The van der Waals surface area contributed by atoms with Crippen molar-refractivity contribution in [1.29, 1.82) is 0 Å². The summed E-state index contributed by atoms with van der Waals surface area (Å²) < 4.78 is 11.0. The third-order valence-electron chi connectivity index (χ3n) is 6.47. The molecule has 0 spiro atoms. The maximum Gasteiger partial charge on any atom is 0.410 e. The first-order chi connectivity index (χ1) is 16.7. The molecule has 1 saturated heterocycles. The number of hydrazone groups is 1. The number of nitrogens with one attached hydrogen (secondary N) is 1. The summed E-state index contributed by atoms with van der Waals surface area (Å²) in [6.07, 6.45) is 1.93. The summed E-state index contributed by atoms with van der Waals surface area (Å²) in [5.41, 5.74) is 0.483. The van der Waals surface area contributed by atoms with Crippen molar-refractivity contribution >= 4 is 23.6 Å². The molecule has 1 aromatic rings. The highest BCUT2D eigenvalue weighted by Gasteiger charge is 2.44. The molecule has 0 aromatic carbocycles. The van der Waals surface area contributed by atoms with Gasteiger partial charge in [-0.1, -0.05) is 6.07 Å². The Bertz CT molecular complexity index is 971. The van der Waals surface area contributed by atoms with E-state index >= 15 is 0 Å². The molecule has 9 nitrogen and oxygen atoms in total. The molecule has 1 amide bonds. The largest absolute Gasteiger partial charge is 0.466 e. The van der Waals surface area contributed by atoms with Crippen LogP contribution >= 0.6 is 0 Å². The van der Waals surface area contributed by atoms with Crippen molar-refractivity contribution in [2.24, 2.45) is 10.5 Å². The fourth-order valence-electron chi connectivity index (χ4n) is 4.75. The first-order valence-corrected chi connectivity index (χ1v) is 12.9. The summed E-state index contributed by atoms with van der Waals surface area (Å²) in [6, 6.07) is 5.86. The number of ether oxygens (including phenoxy) is 2. The number of hydrogen-bond acceptors (Lipinski definition) is 8. The van der Waals surface area contributed by atoms with E-state index in [1.54, 1.807) is 4.90 Å². The maximum atomic E-state index is 13.2. The molecule has 200 valence electrons. The minimum Gasteiger partial charge on any atom is -0.466 e. The number of amides is 1. The van der Waals surface area contributed by atoms with Crippen LogP contribution in [0.15, 0.2) is 23.3 Å². The van der Waals surface area contributed by atoms with E-state index in [0.717, 1.165) is 23.6 Å². The van der Waals surface area contributed by atoms with Gasteiger partial charge in [-0.25, -0.2) is 9.78 Å². The summed E-state index contributed by atoms with van der Waals surface area (Å²) in [4.78, 5) is 32.3. The molecule has 36 heavy (non-hydrogen) atoms. The minimum absolute atomic E-state index is 0.0174. The average Bonchev–Trinajstić information content (AvgIpc) is 3.14. The molecular formula is C27H43N5O4. The standard InChI is InChI=1S/C27H43N5O4/c1-9-35-23(33)27(13-15-31(16-14-27)24(34)36-26(6,7)8)18-20-11-10-12-21(28-20)29-22-17-19(2)30-32(22)25(3,4)5/h10-12,22H,9,13-18H2,1-8H3,(H,28,29). The highest BCUT2D eigenvalue weighted by molar-refractivity contribution is 5.84. The van der Waals surface area contributed by atoms with Crippen molar-refractivity contribution in [1.82, 2.24) is 14.9 Å². The van der Waals surface area contributed by atoms with E-state index in [2.05, 4.69) is 31.1 Å². The molecule has 1 N–H and O–H groups in total. The van der Waals surface area contributed by atoms with E-state index in [9.17, 15) is 9.59 Å². The zero-order valence-corrected chi connectivity index (χ0v) is 23.2. The van der Waals surface area contributed by atoms with Crippen LogP contribution in [0.4, 0.5) is 10.6 Å². The number of likely N-dealkylation sites (tertiary alicyclic amines) is 1. The Morgan fingerprint density at radius 3 is 2.39 bits per heavy atom. The molecule has 0 aliphatic carbocycles. The molecule has 1 atom stereocenters. The summed E-state index contributed by atoms with van der Waals surface area (Å²) >= 11 is 0. The quantitative estimate of drug-likeness (QED) is 0.558. The summed E-state index contributed by atoms with van der Waals surface area (Å²) in [5.74, 6) is 0.523. The smallest absolute Gasteiger partial charge is 0.410 e. The predicted molar refractivity (Wildman–Crippen MR) is 141 cm³/mol. The second-order valence-electron chi connectivity index (χ2n) is 11.9. The molecule has 0 bridgehead atoms. The summed E-state index contributed by atoms with van der Waals surface area (Å²) in [6.45, 7) is 17.0. The molecule has 0 saturated carbocycles. The van der Waals surface area contributed by atoms with Gasteiger partial charge in [0, 0.05) is 37.3 Å². The Balaban J connectivity index is 1.74. The molecular weight excluding hydrogens is 458 g/mol. The van der Waals surface area contributed by atoms with E-state index in [-0.39, 0.29) is 23.8 Å². The van der Waals surface area contributed by atoms with Crippen LogP contribution in [0.5, 0.6) is 0 Å². The van der Waals surface area contributed by atoms with Gasteiger partial charge in [0.2, 0.25) is 0 Å². The average molecular weight is 502 g/mol. The van der Waals surface area contributed by atoms with Crippen molar-refractivity contribution in [3.05, 3.63) is 23.9 Å². The monoisotopic (exact) mass is 501 g/mol. The van der Waals surface area contributed by atoms with Gasteiger partial charge in [-0.15, -0.1) is 0 Å². The van der Waals surface area contributed by atoms with E-state index in [1.165, 1.54) is 0 Å². The number of anilines is 1. The number of rotatable bonds is 6. The Kier molecular flexibility index (Phi) is 8.20. The van der Waals surface area contributed by atoms with Gasteiger partial charge in [0.05, 0.1) is 17.6 Å². The van der Waals surface area contributed by atoms with Crippen LogP contribution in [0, 0.1) is 5.41 Å². The van der Waals surface area contributed by atoms with Gasteiger partial charge in [0.1, 0.15) is 17.6 Å². The predicted octanol–water partition coefficient (Wildman–Crippen LogP) is 4.82. The molecule has 2 aliphatic rings. The summed E-state index contributed by atoms with van der Waals surface area (Å²) in [5, 5.41) is 10.3. The Labute approximate surface area is 215 Å². The lowest BCUT2D eigenvalue weighted by molar-refractivity contribution is -0.158. The van der Waals surface area contributed by atoms with Gasteiger partial charge in [0.25, 0.3) is 0 Å². The second kappa shape index (κ2) is 10.6. The van der Waals surface area contributed by atoms with Gasteiger partial charge >= 0.3 is 12.1 Å². The van der Waals surface area contributed by atoms with Crippen LogP contribution in [0.25, 0.3) is 0 Å². The SMILES string of the molecule is CCOC(=O)C1(Cc2cccc(NC3CC(C)=NN3C(C)(C)C)n2)CCN(C(=O)OC(C)(C)C)CC1. The van der Waals surface area contributed by atoms with E-state index in [0.29, 0.717) is 39.0 Å². The highest BCUT2D eigenvalue weighted by atomic mass is 16.6. The lowest BCUT2D eigenvalue weighted by atomic mass is 9.74. The van der Waals surface area contributed by atoms with Gasteiger partial charge in [0.15, 0.2) is 0 Å². The van der Waals surface area contributed by atoms with E-state index < -0.39 is 11.0 Å². The van der Waals surface area contributed by atoms with Crippen LogP contribution in [0.3, 0.4) is 0 Å². The normalized spacial score (nSPS) is 20.1. The number of hydrogen-bond donors (Lipinski definition) is 1. The minimum atomic E-state index is -0.731. The Hall–Kier alpha value is -2.84. The topological polar surface area (TPSA) is 96.4 Å². The van der Waals surface area contributed by atoms with E-state index in [1.807, 2.05) is 52.8 Å². The molecule has 1 unspecified atom stereocenters. The molecule has 3 rings (SSSR count). The van der Waals surface area contributed by atoms with Crippen LogP contribution in [-0.2, 0) is 20.7 Å². The van der Waals surface area contributed by atoms with Gasteiger partial charge in [-0.3, -0.25) is 9.80 Å². The number of aromatic nitrogens is 1. The number of nitrogens with zero attached hydrogens (tertiary/aromatic N) is 4. The third-order valence-corrected chi connectivity index (χ3v) is 6.47. The molecule has 1 fully saturated rings. The number of piperidine rings is 1. The zero-order chi connectivity index (χ0) is 26.7. The number of pyridine rings is 1. The van der Waals surface area contributed by atoms with Crippen molar-refractivity contribution in [2.45, 2.75) is 98.4 Å². The van der Waals surface area contributed by atoms with Crippen molar-refractivity contribution in [3.8, 4) is 0 Å². The lowest BCUT2D eigenvalue weighted by Crippen LogP contribution is -2.49. The maximum absolute atomic E-state index is 13.2. The number of esters is 1. The first kappa shape index (κ1) is 27.7. The lowest BCUT2D eigenvalue weighted by Gasteiger charge is -2.40. The van der Waals surface area contributed by atoms with Crippen LogP contribution in [0.1, 0.15) is 80.3 Å². The third kappa shape index (κ3) is 6.89.